The summed E-state index contributed by atoms with van der Waals surface area (Å²) in [6.07, 6.45) is 0.000679. The van der Waals surface area contributed by atoms with Crippen LogP contribution in [0.3, 0.4) is 0 Å². The average Bonchev–Trinajstić information content (AvgIpc) is 2.35. The fourth-order valence-electron chi connectivity index (χ4n) is 2.06. The van der Waals surface area contributed by atoms with Gasteiger partial charge >= 0.3 is 5.97 Å². The van der Waals surface area contributed by atoms with Crippen molar-refractivity contribution in [3.05, 3.63) is 69.7 Å². The molecule has 19 heavy (non-hydrogen) atoms. The van der Waals surface area contributed by atoms with Gasteiger partial charge in [-0.05, 0) is 29.3 Å². The van der Waals surface area contributed by atoms with Gasteiger partial charge in [-0.15, -0.1) is 0 Å². The molecule has 4 heteroatoms. The number of benzene rings is 2. The molecule has 0 aliphatic carbocycles. The monoisotopic (exact) mass is 294 g/mol. The first-order chi connectivity index (χ1) is 9.06. The van der Waals surface area contributed by atoms with Gasteiger partial charge in [-0.3, -0.25) is 4.79 Å². The van der Waals surface area contributed by atoms with Crippen molar-refractivity contribution in [3.8, 4) is 0 Å². The minimum absolute atomic E-state index is 0.000679. The number of hydrogen-bond acceptors (Lipinski definition) is 1. The van der Waals surface area contributed by atoms with Crippen LogP contribution in [-0.4, -0.2) is 11.1 Å². The van der Waals surface area contributed by atoms with Crippen molar-refractivity contribution in [2.45, 2.75) is 12.3 Å². The van der Waals surface area contributed by atoms with Crippen LogP contribution in [0.25, 0.3) is 0 Å². The zero-order valence-electron chi connectivity index (χ0n) is 10.0. The lowest BCUT2D eigenvalue weighted by Crippen LogP contribution is -2.08. The highest BCUT2D eigenvalue weighted by molar-refractivity contribution is 6.34. The van der Waals surface area contributed by atoms with E-state index in [1.165, 1.54) is 0 Å². The van der Waals surface area contributed by atoms with Crippen molar-refractivity contribution in [1.82, 2.24) is 0 Å². The van der Waals surface area contributed by atoms with Crippen molar-refractivity contribution in [2.24, 2.45) is 0 Å². The summed E-state index contributed by atoms with van der Waals surface area (Å²) in [4.78, 5) is 11.1. The van der Waals surface area contributed by atoms with Crippen LogP contribution in [-0.2, 0) is 4.79 Å². The standard InChI is InChI=1S/C15H12Cl2O2/c16-12-6-11(7-13(17)8-12)14(9-15(18)19)10-4-2-1-3-5-10/h1-8,14H,9H2,(H,18,19)/t14-/m1/s1. The lowest BCUT2D eigenvalue weighted by Gasteiger charge is -2.16. The first-order valence-electron chi connectivity index (χ1n) is 5.79. The smallest absolute Gasteiger partial charge is 0.304 e. The largest absolute Gasteiger partial charge is 0.481 e. The van der Waals surface area contributed by atoms with E-state index in [0.29, 0.717) is 10.0 Å². The highest BCUT2D eigenvalue weighted by atomic mass is 35.5. The molecule has 0 aromatic heterocycles. The van der Waals surface area contributed by atoms with E-state index in [1.807, 2.05) is 30.3 Å². The average molecular weight is 295 g/mol. The molecular weight excluding hydrogens is 283 g/mol. The van der Waals surface area contributed by atoms with Crippen molar-refractivity contribution in [1.29, 1.82) is 0 Å². The molecule has 0 saturated heterocycles. The molecule has 0 radical (unpaired) electrons. The number of carboxylic acid groups (broad SMARTS) is 1. The number of halogens is 2. The molecule has 0 aliphatic rings. The summed E-state index contributed by atoms with van der Waals surface area (Å²) in [6, 6.07) is 14.6. The molecule has 1 N–H and O–H groups in total. The maximum absolute atomic E-state index is 11.1. The summed E-state index contributed by atoms with van der Waals surface area (Å²) in [5.41, 5.74) is 1.74. The summed E-state index contributed by atoms with van der Waals surface area (Å²) in [5, 5.41) is 10.1. The second kappa shape index (κ2) is 6.09. The second-order valence-corrected chi connectivity index (χ2v) is 5.14. The van der Waals surface area contributed by atoms with Crippen molar-refractivity contribution < 1.29 is 9.90 Å². The molecule has 2 rings (SSSR count). The zero-order valence-corrected chi connectivity index (χ0v) is 11.5. The first-order valence-corrected chi connectivity index (χ1v) is 6.54. The fraction of sp³-hybridized carbons (Fsp3) is 0.133. The molecule has 0 fully saturated rings. The maximum atomic E-state index is 11.1. The van der Waals surface area contributed by atoms with E-state index in [4.69, 9.17) is 28.3 Å². The number of hydrogen-bond donors (Lipinski definition) is 1. The van der Waals surface area contributed by atoms with Crippen LogP contribution in [0, 0.1) is 0 Å². The Balaban J connectivity index is 2.45. The van der Waals surface area contributed by atoms with Crippen molar-refractivity contribution in [2.75, 3.05) is 0 Å². The van der Waals surface area contributed by atoms with E-state index in [1.54, 1.807) is 18.2 Å². The lowest BCUT2D eigenvalue weighted by atomic mass is 9.88. The van der Waals surface area contributed by atoms with E-state index in [9.17, 15) is 4.79 Å². The minimum Gasteiger partial charge on any atom is -0.481 e. The maximum Gasteiger partial charge on any atom is 0.304 e. The Kier molecular flexibility index (Phi) is 4.46. The molecule has 2 aromatic rings. The van der Waals surface area contributed by atoms with Gasteiger partial charge in [0.1, 0.15) is 0 Å². The predicted octanol–water partition coefficient (Wildman–Crippen LogP) is 4.60. The molecule has 0 bridgehead atoms. The highest BCUT2D eigenvalue weighted by Gasteiger charge is 2.18. The molecule has 0 saturated carbocycles. The third-order valence-electron chi connectivity index (χ3n) is 2.87. The van der Waals surface area contributed by atoms with Crippen LogP contribution in [0.4, 0.5) is 0 Å². The van der Waals surface area contributed by atoms with Gasteiger partial charge in [0, 0.05) is 16.0 Å². The van der Waals surface area contributed by atoms with Gasteiger partial charge in [0.15, 0.2) is 0 Å². The number of rotatable bonds is 4. The minimum atomic E-state index is -0.857. The Morgan fingerprint density at radius 3 is 2.11 bits per heavy atom. The van der Waals surface area contributed by atoms with E-state index in [-0.39, 0.29) is 12.3 Å². The van der Waals surface area contributed by atoms with Crippen LogP contribution < -0.4 is 0 Å². The summed E-state index contributed by atoms with van der Waals surface area (Å²) >= 11 is 12.0. The number of carbonyl (C=O) groups is 1. The van der Waals surface area contributed by atoms with Gasteiger partial charge in [-0.1, -0.05) is 53.5 Å². The van der Waals surface area contributed by atoms with Crippen LogP contribution >= 0.6 is 23.2 Å². The number of aliphatic carboxylic acids is 1. The Hall–Kier alpha value is -1.51. The van der Waals surface area contributed by atoms with Crippen LogP contribution in [0.15, 0.2) is 48.5 Å². The van der Waals surface area contributed by atoms with E-state index >= 15 is 0 Å². The molecule has 1 atom stereocenters. The van der Waals surface area contributed by atoms with Gasteiger partial charge in [0.05, 0.1) is 6.42 Å². The molecule has 2 nitrogen and oxygen atoms in total. The summed E-state index contributed by atoms with van der Waals surface area (Å²) in [6.45, 7) is 0. The predicted molar refractivity (Wildman–Crippen MR) is 77.0 cm³/mol. The van der Waals surface area contributed by atoms with Gasteiger partial charge in [0.25, 0.3) is 0 Å². The topological polar surface area (TPSA) is 37.3 Å². The molecule has 0 heterocycles. The van der Waals surface area contributed by atoms with Gasteiger partial charge in [-0.2, -0.15) is 0 Å². The van der Waals surface area contributed by atoms with E-state index < -0.39 is 5.97 Å². The summed E-state index contributed by atoms with van der Waals surface area (Å²) in [7, 11) is 0. The van der Waals surface area contributed by atoms with E-state index in [2.05, 4.69) is 0 Å². The molecule has 98 valence electrons. The lowest BCUT2D eigenvalue weighted by molar-refractivity contribution is -0.137. The van der Waals surface area contributed by atoms with Gasteiger partial charge in [0.2, 0.25) is 0 Å². The summed E-state index contributed by atoms with van der Waals surface area (Å²) in [5.74, 6) is -1.11. The molecule has 2 aromatic carbocycles. The molecule has 0 spiro atoms. The Morgan fingerprint density at radius 2 is 1.58 bits per heavy atom. The van der Waals surface area contributed by atoms with Crippen molar-refractivity contribution >= 4 is 29.2 Å². The highest BCUT2D eigenvalue weighted by Crippen LogP contribution is 2.31. The Labute approximate surface area is 121 Å². The normalized spacial score (nSPS) is 12.1. The molecule has 0 aliphatic heterocycles. The molecular formula is C15H12Cl2O2. The summed E-state index contributed by atoms with van der Waals surface area (Å²) < 4.78 is 0. The molecule has 0 amide bonds. The third-order valence-corrected chi connectivity index (χ3v) is 3.30. The number of carboxylic acids is 1. The van der Waals surface area contributed by atoms with Crippen LogP contribution in [0.1, 0.15) is 23.5 Å². The van der Waals surface area contributed by atoms with Gasteiger partial charge in [-0.25, -0.2) is 0 Å². The van der Waals surface area contributed by atoms with Crippen LogP contribution in [0.5, 0.6) is 0 Å². The Bertz CT molecular complexity index is 562. The SMILES string of the molecule is O=C(O)C[C@H](c1ccccc1)c1cc(Cl)cc(Cl)c1. The molecule has 0 unspecified atom stereocenters. The Morgan fingerprint density at radius 1 is 1.00 bits per heavy atom. The first kappa shape index (κ1) is 13.9. The van der Waals surface area contributed by atoms with Gasteiger partial charge < -0.3 is 5.11 Å². The fourth-order valence-corrected chi connectivity index (χ4v) is 2.61. The third kappa shape index (κ3) is 3.72. The van der Waals surface area contributed by atoms with Crippen molar-refractivity contribution in [3.63, 3.8) is 0 Å². The quantitative estimate of drug-likeness (QED) is 0.895. The van der Waals surface area contributed by atoms with Crippen LogP contribution in [0.2, 0.25) is 10.0 Å². The zero-order chi connectivity index (χ0) is 13.8. The van der Waals surface area contributed by atoms with E-state index in [0.717, 1.165) is 11.1 Å². The second-order valence-electron chi connectivity index (χ2n) is 4.26.